The Morgan fingerprint density at radius 3 is 2.62 bits per heavy atom. The minimum absolute atomic E-state index is 0.212. The van der Waals surface area contributed by atoms with E-state index in [0.717, 1.165) is 11.0 Å². The third-order valence-electron chi connectivity index (χ3n) is 4.98. The fraction of sp³-hybridized carbons (Fsp3) is 0.217. The molecule has 0 amide bonds. The van der Waals surface area contributed by atoms with E-state index in [2.05, 4.69) is 38.6 Å². The van der Waals surface area contributed by atoms with Gasteiger partial charge >= 0.3 is 0 Å². The summed E-state index contributed by atoms with van der Waals surface area (Å²) >= 11 is 6.58. The van der Waals surface area contributed by atoms with Gasteiger partial charge in [-0.2, -0.15) is 0 Å². The van der Waals surface area contributed by atoms with Crippen molar-refractivity contribution in [2.24, 2.45) is 0 Å². The van der Waals surface area contributed by atoms with Crippen LogP contribution in [0.1, 0.15) is 11.3 Å². The molecule has 0 saturated carbocycles. The Bertz CT molecular complexity index is 1280. The lowest BCUT2D eigenvalue weighted by molar-refractivity contribution is 0.397. The van der Waals surface area contributed by atoms with E-state index in [4.69, 9.17) is 16.3 Å². The Labute approximate surface area is 192 Å². The second-order valence-corrected chi connectivity index (χ2v) is 10.1. The molecule has 0 spiro atoms. The van der Waals surface area contributed by atoms with Crippen LogP contribution < -0.4 is 15.5 Å². The second kappa shape index (κ2) is 9.31. The predicted molar refractivity (Wildman–Crippen MR) is 129 cm³/mol. The highest BCUT2D eigenvalue weighted by atomic mass is 35.5. The molecule has 4 aromatic rings. The lowest BCUT2D eigenvalue weighted by Gasteiger charge is -2.15. The van der Waals surface area contributed by atoms with Gasteiger partial charge in [0.15, 0.2) is 5.82 Å². The monoisotopic (exact) mass is 469 g/mol. The number of pyridine rings is 4. The molecule has 0 aromatic carbocycles. The first-order chi connectivity index (χ1) is 15.4. The van der Waals surface area contributed by atoms with Crippen molar-refractivity contribution in [3.8, 4) is 17.1 Å². The lowest BCUT2D eigenvalue weighted by atomic mass is 10.1. The normalized spacial score (nSPS) is 11.2. The molecular formula is C23H22ClFN5OP. The first-order valence-electron chi connectivity index (χ1n) is 9.90. The van der Waals surface area contributed by atoms with Gasteiger partial charge in [-0.3, -0.25) is 4.98 Å². The van der Waals surface area contributed by atoms with Gasteiger partial charge in [0.05, 0.1) is 34.5 Å². The van der Waals surface area contributed by atoms with Gasteiger partial charge < -0.3 is 10.1 Å². The number of rotatable bonds is 6. The Hall–Kier alpha value is -2.89. The molecular weight excluding hydrogens is 448 g/mol. The molecule has 0 saturated heterocycles. The maximum atomic E-state index is 15.0. The Morgan fingerprint density at radius 1 is 1.12 bits per heavy atom. The van der Waals surface area contributed by atoms with Crippen molar-refractivity contribution >= 4 is 41.7 Å². The topological polar surface area (TPSA) is 72.8 Å². The van der Waals surface area contributed by atoms with Crippen LogP contribution in [0.25, 0.3) is 22.3 Å². The van der Waals surface area contributed by atoms with Crippen LogP contribution in [0.5, 0.6) is 5.88 Å². The van der Waals surface area contributed by atoms with Gasteiger partial charge in [0.1, 0.15) is 11.2 Å². The molecule has 0 aliphatic heterocycles. The van der Waals surface area contributed by atoms with Crippen molar-refractivity contribution in [2.75, 3.05) is 25.8 Å². The van der Waals surface area contributed by atoms with E-state index in [1.165, 1.54) is 6.07 Å². The standard InChI is InChI=1S/C23H22ClFN5OP/c1-13-20(24)23(28-11-14-7-8-26-18(9-14)31-2)22-17(29-13)10-16(25)21(30-22)15-5-6-19(27-12-15)32(3)4/h5-10,12H,11H2,1-4H3,(H,28,29). The van der Waals surface area contributed by atoms with Crippen molar-refractivity contribution in [2.45, 2.75) is 13.5 Å². The number of hydrogen-bond donors (Lipinski definition) is 1. The SMILES string of the molecule is COc1cc(CNc2c(Cl)c(C)nc3cc(F)c(-c4ccc(P(C)C)nc4)nc23)ccn1. The maximum Gasteiger partial charge on any atom is 0.213 e. The van der Waals surface area contributed by atoms with Crippen molar-refractivity contribution in [3.63, 3.8) is 0 Å². The molecule has 0 bridgehead atoms. The van der Waals surface area contributed by atoms with Crippen molar-refractivity contribution < 1.29 is 9.13 Å². The molecule has 4 aromatic heterocycles. The van der Waals surface area contributed by atoms with Gasteiger partial charge in [0.2, 0.25) is 5.88 Å². The number of nitrogens with one attached hydrogen (secondary N) is 1. The largest absolute Gasteiger partial charge is 0.481 e. The van der Waals surface area contributed by atoms with Crippen molar-refractivity contribution in [3.05, 3.63) is 64.8 Å². The smallest absolute Gasteiger partial charge is 0.213 e. The summed E-state index contributed by atoms with van der Waals surface area (Å²) in [6, 6.07) is 8.87. The second-order valence-electron chi connectivity index (χ2n) is 7.43. The van der Waals surface area contributed by atoms with Crippen LogP contribution in [0.15, 0.2) is 42.7 Å². The molecule has 164 valence electrons. The fourth-order valence-electron chi connectivity index (χ4n) is 3.28. The van der Waals surface area contributed by atoms with Crippen LogP contribution in [0.2, 0.25) is 5.02 Å². The van der Waals surface area contributed by atoms with Crippen LogP contribution in [0.4, 0.5) is 10.1 Å². The van der Waals surface area contributed by atoms with E-state index in [9.17, 15) is 4.39 Å². The maximum absolute atomic E-state index is 15.0. The van der Waals surface area contributed by atoms with E-state index in [0.29, 0.717) is 45.4 Å². The zero-order valence-corrected chi connectivity index (χ0v) is 19.8. The minimum Gasteiger partial charge on any atom is -0.481 e. The van der Waals surface area contributed by atoms with E-state index in [-0.39, 0.29) is 13.6 Å². The Kier molecular flexibility index (Phi) is 6.49. The Balaban J connectivity index is 1.77. The van der Waals surface area contributed by atoms with Crippen molar-refractivity contribution in [1.82, 2.24) is 19.9 Å². The number of methoxy groups -OCH3 is 1. The quantitative estimate of drug-likeness (QED) is 0.392. The van der Waals surface area contributed by atoms with Gasteiger partial charge in [-0.05, 0) is 44.0 Å². The highest BCUT2D eigenvalue weighted by Crippen LogP contribution is 2.34. The molecule has 0 fully saturated rings. The average Bonchev–Trinajstić information content (AvgIpc) is 2.79. The van der Waals surface area contributed by atoms with Crippen molar-refractivity contribution in [1.29, 1.82) is 0 Å². The number of anilines is 1. The Morgan fingerprint density at radius 2 is 1.94 bits per heavy atom. The van der Waals surface area contributed by atoms with Crippen LogP contribution >= 0.6 is 19.5 Å². The molecule has 6 nitrogen and oxygen atoms in total. The summed E-state index contributed by atoms with van der Waals surface area (Å²) in [4.78, 5) is 17.6. The molecule has 1 N–H and O–H groups in total. The minimum atomic E-state index is -0.457. The number of ether oxygens (including phenoxy) is 1. The molecule has 0 aliphatic rings. The van der Waals surface area contributed by atoms with E-state index in [1.807, 2.05) is 24.3 Å². The predicted octanol–water partition coefficient (Wildman–Crippen LogP) is 5.18. The van der Waals surface area contributed by atoms with Gasteiger partial charge in [-0.15, -0.1) is 0 Å². The number of nitrogens with zero attached hydrogens (tertiary/aromatic N) is 4. The summed E-state index contributed by atoms with van der Waals surface area (Å²) in [6.45, 7) is 6.49. The highest BCUT2D eigenvalue weighted by molar-refractivity contribution is 7.63. The number of hydrogen-bond acceptors (Lipinski definition) is 6. The zero-order chi connectivity index (χ0) is 22.8. The molecule has 0 unspecified atom stereocenters. The van der Waals surface area contributed by atoms with E-state index < -0.39 is 5.82 Å². The van der Waals surface area contributed by atoms with Crippen LogP contribution in [-0.4, -0.2) is 40.4 Å². The van der Waals surface area contributed by atoms with Crippen LogP contribution in [0.3, 0.4) is 0 Å². The van der Waals surface area contributed by atoms with Gasteiger partial charge in [-0.25, -0.2) is 19.3 Å². The highest BCUT2D eigenvalue weighted by Gasteiger charge is 2.17. The van der Waals surface area contributed by atoms with Crippen LogP contribution in [-0.2, 0) is 6.54 Å². The summed E-state index contributed by atoms with van der Waals surface area (Å²) in [5, 5.41) is 3.78. The van der Waals surface area contributed by atoms with E-state index >= 15 is 0 Å². The number of aromatic nitrogens is 4. The molecule has 0 atom stereocenters. The third kappa shape index (κ3) is 4.50. The number of fused-ring (bicyclic) bond motifs is 1. The average molecular weight is 470 g/mol. The number of halogens is 2. The van der Waals surface area contributed by atoms with E-state index in [1.54, 1.807) is 26.4 Å². The van der Waals surface area contributed by atoms with Gasteiger partial charge in [0.25, 0.3) is 0 Å². The summed E-state index contributed by atoms with van der Waals surface area (Å²) < 4.78 is 20.1. The molecule has 4 rings (SSSR count). The molecule has 0 aliphatic carbocycles. The zero-order valence-electron chi connectivity index (χ0n) is 18.1. The number of aryl methyl sites for hydroxylation is 1. The first kappa shape index (κ1) is 22.3. The molecule has 32 heavy (non-hydrogen) atoms. The first-order valence-corrected chi connectivity index (χ1v) is 12.5. The molecule has 9 heteroatoms. The fourth-order valence-corrected chi connectivity index (χ4v) is 4.14. The summed E-state index contributed by atoms with van der Waals surface area (Å²) in [7, 11) is 1.24. The third-order valence-corrected chi connectivity index (χ3v) is 6.62. The summed E-state index contributed by atoms with van der Waals surface area (Å²) in [6.07, 6.45) is 3.34. The molecule has 4 heterocycles. The summed E-state index contributed by atoms with van der Waals surface area (Å²) in [5.41, 5.74) is 4.88. The summed E-state index contributed by atoms with van der Waals surface area (Å²) in [5.74, 6) is 0.0637. The van der Waals surface area contributed by atoms with Gasteiger partial charge in [-0.1, -0.05) is 19.5 Å². The lowest BCUT2D eigenvalue weighted by Crippen LogP contribution is -2.06. The molecule has 0 radical (unpaired) electrons. The van der Waals surface area contributed by atoms with Crippen LogP contribution in [0, 0.1) is 12.7 Å². The van der Waals surface area contributed by atoms with Gasteiger partial charge in [0, 0.05) is 36.6 Å².